The molecule has 0 spiro atoms. The Morgan fingerprint density at radius 1 is 1.03 bits per heavy atom. The molecule has 2 rings (SSSR count). The number of methoxy groups -OCH3 is 2. The fourth-order valence-corrected chi connectivity index (χ4v) is 3.17. The summed E-state index contributed by atoms with van der Waals surface area (Å²) in [4.78, 5) is 27.5. The first-order valence-corrected chi connectivity index (χ1v) is 10.4. The predicted octanol–water partition coefficient (Wildman–Crippen LogP) is 2.98. The van der Waals surface area contributed by atoms with Crippen molar-refractivity contribution in [1.82, 2.24) is 15.5 Å². The first kappa shape index (κ1) is 25.1. The molecule has 0 fully saturated rings. The highest BCUT2D eigenvalue weighted by atomic mass is 19.1. The molecule has 2 amide bonds. The fourth-order valence-electron chi connectivity index (χ4n) is 3.17. The second-order valence-corrected chi connectivity index (χ2v) is 8.18. The number of amides is 2. The van der Waals surface area contributed by atoms with Crippen LogP contribution < -0.4 is 20.1 Å². The number of halogens is 1. The SMILES string of the molecule is COc1cc(OC)cc(C(=O)N[C@H](C(=O)NCc2ccc(CN(C)C)c(F)c2)C(C)C)c1. The van der Waals surface area contributed by atoms with Gasteiger partial charge in [0.25, 0.3) is 5.91 Å². The largest absolute Gasteiger partial charge is 0.497 e. The molecule has 0 aliphatic heterocycles. The molecule has 0 saturated carbocycles. The van der Waals surface area contributed by atoms with Crippen molar-refractivity contribution in [1.29, 1.82) is 0 Å². The van der Waals surface area contributed by atoms with E-state index in [9.17, 15) is 14.0 Å². The van der Waals surface area contributed by atoms with E-state index in [1.165, 1.54) is 20.3 Å². The molecule has 0 aromatic heterocycles. The van der Waals surface area contributed by atoms with Crippen LogP contribution in [0.3, 0.4) is 0 Å². The van der Waals surface area contributed by atoms with Crippen molar-refractivity contribution in [3.63, 3.8) is 0 Å². The maximum atomic E-state index is 14.3. The first-order chi connectivity index (χ1) is 15.1. The van der Waals surface area contributed by atoms with Gasteiger partial charge in [-0.2, -0.15) is 0 Å². The van der Waals surface area contributed by atoms with Gasteiger partial charge in [0.2, 0.25) is 5.91 Å². The zero-order chi connectivity index (χ0) is 23.8. The second-order valence-electron chi connectivity index (χ2n) is 8.18. The van der Waals surface area contributed by atoms with Crippen LogP contribution in [0.15, 0.2) is 36.4 Å². The first-order valence-electron chi connectivity index (χ1n) is 10.4. The van der Waals surface area contributed by atoms with Gasteiger partial charge in [0.15, 0.2) is 0 Å². The van der Waals surface area contributed by atoms with Gasteiger partial charge in [0.1, 0.15) is 23.4 Å². The van der Waals surface area contributed by atoms with Crippen LogP contribution in [0.25, 0.3) is 0 Å². The number of nitrogens with zero attached hydrogens (tertiary/aromatic N) is 1. The van der Waals surface area contributed by atoms with E-state index < -0.39 is 11.9 Å². The number of hydrogen-bond acceptors (Lipinski definition) is 5. The minimum atomic E-state index is -0.766. The molecular weight excluding hydrogens is 413 g/mol. The highest BCUT2D eigenvalue weighted by molar-refractivity contribution is 5.98. The summed E-state index contributed by atoms with van der Waals surface area (Å²) >= 11 is 0. The number of rotatable bonds is 10. The monoisotopic (exact) mass is 445 g/mol. The van der Waals surface area contributed by atoms with Gasteiger partial charge in [-0.05, 0) is 43.8 Å². The number of benzene rings is 2. The smallest absolute Gasteiger partial charge is 0.252 e. The summed E-state index contributed by atoms with van der Waals surface area (Å²) < 4.78 is 24.7. The van der Waals surface area contributed by atoms with Gasteiger partial charge >= 0.3 is 0 Å². The lowest BCUT2D eigenvalue weighted by Gasteiger charge is -2.22. The zero-order valence-electron chi connectivity index (χ0n) is 19.5. The molecule has 2 N–H and O–H groups in total. The third-order valence-electron chi connectivity index (χ3n) is 4.92. The maximum Gasteiger partial charge on any atom is 0.252 e. The van der Waals surface area contributed by atoms with E-state index in [1.54, 1.807) is 30.3 Å². The molecule has 0 heterocycles. The van der Waals surface area contributed by atoms with Gasteiger partial charge in [-0.3, -0.25) is 9.59 Å². The Bertz CT molecular complexity index is 925. The lowest BCUT2D eigenvalue weighted by Crippen LogP contribution is -2.49. The topological polar surface area (TPSA) is 79.9 Å². The van der Waals surface area contributed by atoms with Crippen LogP contribution in [-0.2, 0) is 17.9 Å². The Kier molecular flexibility index (Phi) is 9.02. The second kappa shape index (κ2) is 11.5. The lowest BCUT2D eigenvalue weighted by atomic mass is 10.0. The molecule has 2 aromatic carbocycles. The van der Waals surface area contributed by atoms with Crippen molar-refractivity contribution in [2.24, 2.45) is 5.92 Å². The van der Waals surface area contributed by atoms with E-state index in [4.69, 9.17) is 9.47 Å². The average Bonchev–Trinajstić information content (AvgIpc) is 2.76. The predicted molar refractivity (Wildman–Crippen MR) is 121 cm³/mol. The normalized spacial score (nSPS) is 11.9. The molecule has 0 aliphatic carbocycles. The summed E-state index contributed by atoms with van der Waals surface area (Å²) in [6, 6.07) is 8.97. The molecule has 174 valence electrons. The molecule has 7 nitrogen and oxygen atoms in total. The third kappa shape index (κ3) is 6.95. The van der Waals surface area contributed by atoms with Crippen LogP contribution in [0, 0.1) is 11.7 Å². The molecule has 0 saturated heterocycles. The maximum absolute atomic E-state index is 14.3. The summed E-state index contributed by atoms with van der Waals surface area (Å²) in [7, 11) is 6.73. The van der Waals surface area contributed by atoms with Gasteiger partial charge in [-0.1, -0.05) is 26.0 Å². The Hall–Kier alpha value is -3.13. The van der Waals surface area contributed by atoms with Crippen molar-refractivity contribution in [3.05, 3.63) is 58.9 Å². The third-order valence-corrected chi connectivity index (χ3v) is 4.92. The standard InChI is InChI=1S/C24H32FN3O4/c1-15(2)22(27-23(29)18-10-19(31-5)12-20(11-18)32-6)24(30)26-13-16-7-8-17(14-28(3)4)21(25)9-16/h7-12,15,22H,13-14H2,1-6H3,(H,26,30)(H,27,29)/t22-/m0/s1. The van der Waals surface area contributed by atoms with E-state index >= 15 is 0 Å². The number of nitrogens with one attached hydrogen (secondary N) is 2. The summed E-state index contributed by atoms with van der Waals surface area (Å²) in [6.07, 6.45) is 0. The van der Waals surface area contributed by atoms with Crippen molar-refractivity contribution in [2.45, 2.75) is 33.0 Å². The highest BCUT2D eigenvalue weighted by Gasteiger charge is 2.25. The van der Waals surface area contributed by atoms with Gasteiger partial charge in [-0.25, -0.2) is 4.39 Å². The van der Waals surface area contributed by atoms with Gasteiger partial charge < -0.3 is 25.0 Å². The van der Waals surface area contributed by atoms with Crippen molar-refractivity contribution >= 4 is 11.8 Å². The lowest BCUT2D eigenvalue weighted by molar-refractivity contribution is -0.124. The van der Waals surface area contributed by atoms with E-state index in [-0.39, 0.29) is 24.2 Å². The summed E-state index contributed by atoms with van der Waals surface area (Å²) in [5.41, 5.74) is 1.55. The summed E-state index contributed by atoms with van der Waals surface area (Å²) in [5.74, 6) is -0.299. The molecule has 2 aromatic rings. The number of carbonyl (C=O) groups is 2. The molecule has 8 heteroatoms. The summed E-state index contributed by atoms with van der Waals surface area (Å²) in [5, 5.41) is 5.56. The number of ether oxygens (including phenoxy) is 2. The Labute approximate surface area is 188 Å². The average molecular weight is 446 g/mol. The quantitative estimate of drug-likeness (QED) is 0.588. The van der Waals surface area contributed by atoms with E-state index in [0.717, 1.165) is 0 Å². The van der Waals surface area contributed by atoms with Crippen LogP contribution in [0.1, 0.15) is 35.3 Å². The molecule has 0 aliphatic rings. The minimum absolute atomic E-state index is 0.157. The number of hydrogen-bond donors (Lipinski definition) is 2. The Morgan fingerprint density at radius 3 is 2.16 bits per heavy atom. The number of carbonyl (C=O) groups excluding carboxylic acids is 2. The van der Waals surface area contributed by atoms with Crippen molar-refractivity contribution in [2.75, 3.05) is 28.3 Å². The van der Waals surface area contributed by atoms with E-state index in [2.05, 4.69) is 10.6 Å². The molecule has 1 atom stereocenters. The van der Waals surface area contributed by atoms with Crippen molar-refractivity contribution < 1.29 is 23.5 Å². The van der Waals surface area contributed by atoms with Gasteiger partial charge in [0.05, 0.1) is 14.2 Å². The van der Waals surface area contributed by atoms with Crippen LogP contribution in [0.4, 0.5) is 4.39 Å². The van der Waals surface area contributed by atoms with E-state index in [0.29, 0.717) is 34.7 Å². The summed E-state index contributed by atoms with van der Waals surface area (Å²) in [6.45, 7) is 4.33. The Morgan fingerprint density at radius 2 is 1.66 bits per heavy atom. The zero-order valence-corrected chi connectivity index (χ0v) is 19.5. The molecule has 32 heavy (non-hydrogen) atoms. The molecule has 0 unspecified atom stereocenters. The molecular formula is C24H32FN3O4. The van der Waals surface area contributed by atoms with Gasteiger partial charge in [0, 0.05) is 30.3 Å². The van der Waals surface area contributed by atoms with Gasteiger partial charge in [-0.15, -0.1) is 0 Å². The van der Waals surface area contributed by atoms with Crippen molar-refractivity contribution in [3.8, 4) is 11.5 Å². The van der Waals surface area contributed by atoms with Crippen LogP contribution >= 0.6 is 0 Å². The highest BCUT2D eigenvalue weighted by Crippen LogP contribution is 2.22. The van der Waals surface area contributed by atoms with Crippen LogP contribution in [-0.4, -0.2) is 51.1 Å². The van der Waals surface area contributed by atoms with Crippen LogP contribution in [0.5, 0.6) is 11.5 Å². The fraction of sp³-hybridized carbons (Fsp3) is 0.417. The minimum Gasteiger partial charge on any atom is -0.497 e. The Balaban J connectivity index is 2.07. The molecule has 0 radical (unpaired) electrons. The van der Waals surface area contributed by atoms with E-state index in [1.807, 2.05) is 32.8 Å². The molecule has 0 bridgehead atoms. The van der Waals surface area contributed by atoms with Crippen LogP contribution in [0.2, 0.25) is 0 Å².